The average Bonchev–Trinajstić information content (AvgIpc) is 2.98. The van der Waals surface area contributed by atoms with Gasteiger partial charge >= 0.3 is 0 Å². The quantitative estimate of drug-likeness (QED) is 0.877. The van der Waals surface area contributed by atoms with Gasteiger partial charge in [0.05, 0.1) is 17.9 Å². The van der Waals surface area contributed by atoms with Gasteiger partial charge in [0.2, 0.25) is 5.89 Å². The van der Waals surface area contributed by atoms with Gasteiger partial charge in [-0.2, -0.15) is 0 Å². The molecule has 0 saturated carbocycles. The van der Waals surface area contributed by atoms with Crippen LogP contribution in [0.25, 0.3) is 11.5 Å². The molecule has 3 rings (SSSR count). The normalized spacial score (nSPS) is 23.4. The molecule has 2 aromatic rings. The minimum atomic E-state index is -0.718. The van der Waals surface area contributed by atoms with Crippen molar-refractivity contribution in [1.29, 1.82) is 0 Å². The van der Waals surface area contributed by atoms with Crippen molar-refractivity contribution in [2.75, 3.05) is 13.1 Å². The lowest BCUT2D eigenvalue weighted by molar-refractivity contribution is 0.0572. The Kier molecular flexibility index (Phi) is 3.52. The van der Waals surface area contributed by atoms with Crippen molar-refractivity contribution in [3.8, 4) is 11.5 Å². The number of halogens is 1. The summed E-state index contributed by atoms with van der Waals surface area (Å²) in [6.45, 7) is 1.29. The lowest BCUT2D eigenvalue weighted by Gasteiger charge is -2.11. The second-order valence-corrected chi connectivity index (χ2v) is 4.98. The number of nitrogens with zero attached hydrogens (tertiary/aromatic N) is 2. The van der Waals surface area contributed by atoms with Gasteiger partial charge in [0, 0.05) is 25.2 Å². The van der Waals surface area contributed by atoms with Crippen LogP contribution in [0.2, 0.25) is 0 Å². The molecule has 1 aromatic carbocycles. The van der Waals surface area contributed by atoms with Gasteiger partial charge < -0.3 is 14.6 Å². The summed E-state index contributed by atoms with van der Waals surface area (Å²) in [4.78, 5) is 6.19. The van der Waals surface area contributed by atoms with Crippen molar-refractivity contribution in [3.63, 3.8) is 0 Å². The van der Waals surface area contributed by atoms with Crippen LogP contribution in [-0.4, -0.2) is 45.4 Å². The number of β-amino-alcohol motifs (C(OH)–C–C–N with tert-alkyl or cyclic N) is 2. The molecule has 0 aliphatic carbocycles. The molecule has 0 bridgehead atoms. The summed E-state index contributed by atoms with van der Waals surface area (Å²) in [7, 11) is 0. The van der Waals surface area contributed by atoms with Crippen LogP contribution in [0.15, 0.2) is 34.9 Å². The second kappa shape index (κ2) is 5.32. The molecule has 20 heavy (non-hydrogen) atoms. The van der Waals surface area contributed by atoms with Gasteiger partial charge in [-0.25, -0.2) is 9.37 Å². The third kappa shape index (κ3) is 2.72. The van der Waals surface area contributed by atoms with E-state index >= 15 is 0 Å². The second-order valence-electron chi connectivity index (χ2n) is 4.98. The fraction of sp³-hybridized carbons (Fsp3) is 0.357. The zero-order valence-electron chi connectivity index (χ0n) is 10.7. The number of hydrogen-bond donors (Lipinski definition) is 2. The van der Waals surface area contributed by atoms with E-state index in [-0.39, 0.29) is 5.82 Å². The summed E-state index contributed by atoms with van der Waals surface area (Å²) < 4.78 is 18.5. The molecule has 1 aliphatic rings. The van der Waals surface area contributed by atoms with Crippen molar-refractivity contribution >= 4 is 0 Å². The van der Waals surface area contributed by atoms with E-state index < -0.39 is 12.2 Å². The van der Waals surface area contributed by atoms with Crippen molar-refractivity contribution in [2.45, 2.75) is 18.8 Å². The maximum absolute atomic E-state index is 13.1. The maximum atomic E-state index is 13.1. The van der Waals surface area contributed by atoms with Gasteiger partial charge in [0.25, 0.3) is 0 Å². The van der Waals surface area contributed by atoms with E-state index in [0.29, 0.717) is 36.8 Å². The van der Waals surface area contributed by atoms with Crippen LogP contribution in [0.3, 0.4) is 0 Å². The predicted molar refractivity (Wildman–Crippen MR) is 69.2 cm³/mol. The van der Waals surface area contributed by atoms with E-state index in [0.717, 1.165) is 0 Å². The smallest absolute Gasteiger partial charge is 0.226 e. The molecular formula is C14H15FN2O3. The highest BCUT2D eigenvalue weighted by atomic mass is 19.1. The summed E-state index contributed by atoms with van der Waals surface area (Å²) in [5.74, 6) is 0.0211. The lowest BCUT2D eigenvalue weighted by atomic mass is 10.2. The SMILES string of the molecule is O[C@@H]1CN(Cc2coc(-c3cccc(F)c3)n2)C[C@@H]1O. The highest BCUT2D eigenvalue weighted by molar-refractivity contribution is 5.52. The molecule has 2 N–H and O–H groups in total. The van der Waals surface area contributed by atoms with Gasteiger partial charge in [-0.05, 0) is 18.2 Å². The van der Waals surface area contributed by atoms with Crippen molar-refractivity contribution < 1.29 is 19.0 Å². The van der Waals surface area contributed by atoms with E-state index in [1.807, 2.05) is 4.90 Å². The molecule has 6 heteroatoms. The molecule has 0 amide bonds. The van der Waals surface area contributed by atoms with Crippen LogP contribution in [0, 0.1) is 5.82 Å². The topological polar surface area (TPSA) is 69.7 Å². The fourth-order valence-electron chi connectivity index (χ4n) is 2.34. The molecule has 0 radical (unpaired) electrons. The van der Waals surface area contributed by atoms with Gasteiger partial charge in [-0.15, -0.1) is 0 Å². The third-order valence-electron chi connectivity index (χ3n) is 3.34. The van der Waals surface area contributed by atoms with E-state index in [2.05, 4.69) is 4.98 Å². The molecule has 2 heterocycles. The average molecular weight is 278 g/mol. The van der Waals surface area contributed by atoms with E-state index in [4.69, 9.17) is 4.42 Å². The molecule has 1 saturated heterocycles. The first kappa shape index (κ1) is 13.2. The van der Waals surface area contributed by atoms with E-state index in [1.54, 1.807) is 12.1 Å². The monoisotopic (exact) mass is 278 g/mol. The zero-order chi connectivity index (χ0) is 14.1. The van der Waals surface area contributed by atoms with Crippen LogP contribution < -0.4 is 0 Å². The van der Waals surface area contributed by atoms with Crippen LogP contribution in [0.1, 0.15) is 5.69 Å². The molecule has 106 valence electrons. The minimum Gasteiger partial charge on any atom is -0.444 e. The van der Waals surface area contributed by atoms with Crippen molar-refractivity contribution in [3.05, 3.63) is 42.0 Å². The van der Waals surface area contributed by atoms with Gasteiger partial charge in [-0.1, -0.05) is 6.07 Å². The zero-order valence-corrected chi connectivity index (χ0v) is 10.7. The number of hydrogen-bond acceptors (Lipinski definition) is 5. The molecule has 0 spiro atoms. The first-order chi connectivity index (χ1) is 9.61. The van der Waals surface area contributed by atoms with Crippen LogP contribution in [0.4, 0.5) is 4.39 Å². The largest absolute Gasteiger partial charge is 0.444 e. The Labute approximate surface area is 115 Å². The Hall–Kier alpha value is -1.76. The molecular weight excluding hydrogens is 263 g/mol. The minimum absolute atomic E-state index is 0.340. The van der Waals surface area contributed by atoms with Crippen molar-refractivity contribution in [2.24, 2.45) is 0 Å². The van der Waals surface area contributed by atoms with Crippen molar-refractivity contribution in [1.82, 2.24) is 9.88 Å². The first-order valence-corrected chi connectivity index (χ1v) is 6.40. The van der Waals surface area contributed by atoms with E-state index in [9.17, 15) is 14.6 Å². The number of oxazole rings is 1. The maximum Gasteiger partial charge on any atom is 0.226 e. The number of benzene rings is 1. The Morgan fingerprint density at radius 3 is 2.75 bits per heavy atom. The molecule has 1 aliphatic heterocycles. The number of aromatic nitrogens is 1. The number of aliphatic hydroxyl groups excluding tert-OH is 2. The van der Waals surface area contributed by atoms with Gasteiger partial charge in [-0.3, -0.25) is 4.90 Å². The highest BCUT2D eigenvalue weighted by Crippen LogP contribution is 2.21. The third-order valence-corrected chi connectivity index (χ3v) is 3.34. The summed E-state index contributed by atoms with van der Waals surface area (Å²) >= 11 is 0. The number of aliphatic hydroxyl groups is 2. The molecule has 0 unspecified atom stereocenters. The number of likely N-dealkylation sites (tertiary alicyclic amines) is 1. The summed E-state index contributed by atoms with van der Waals surface area (Å²) in [6.07, 6.45) is 0.0753. The fourth-order valence-corrected chi connectivity index (χ4v) is 2.34. The predicted octanol–water partition coefficient (Wildman–Crippen LogP) is 1.02. The Morgan fingerprint density at radius 1 is 1.30 bits per heavy atom. The highest BCUT2D eigenvalue weighted by Gasteiger charge is 2.29. The summed E-state index contributed by atoms with van der Waals surface area (Å²) in [5, 5.41) is 19.0. The number of rotatable bonds is 3. The van der Waals surface area contributed by atoms with E-state index in [1.165, 1.54) is 18.4 Å². The van der Waals surface area contributed by atoms with Crippen LogP contribution in [0.5, 0.6) is 0 Å². The molecule has 1 aromatic heterocycles. The Bertz CT molecular complexity index is 592. The standard InChI is InChI=1S/C14H15FN2O3/c15-10-3-1-2-9(4-10)14-16-11(8-20-14)5-17-6-12(18)13(19)7-17/h1-4,8,12-13,18-19H,5-7H2/t12-,13+. The van der Waals surface area contributed by atoms with Gasteiger partial charge in [0.1, 0.15) is 12.1 Å². The molecule has 1 fully saturated rings. The lowest BCUT2D eigenvalue weighted by Crippen LogP contribution is -2.22. The summed E-state index contributed by atoms with van der Waals surface area (Å²) in [5.41, 5.74) is 1.27. The van der Waals surface area contributed by atoms with Crippen LogP contribution >= 0.6 is 0 Å². The first-order valence-electron chi connectivity index (χ1n) is 6.40. The van der Waals surface area contributed by atoms with Gasteiger partial charge in [0.15, 0.2) is 0 Å². The Balaban J connectivity index is 1.71. The molecule has 5 nitrogen and oxygen atoms in total. The van der Waals surface area contributed by atoms with Crippen LogP contribution in [-0.2, 0) is 6.54 Å². The Morgan fingerprint density at radius 2 is 2.05 bits per heavy atom. The molecule has 2 atom stereocenters. The summed E-state index contributed by atoms with van der Waals surface area (Å²) in [6, 6.07) is 6.04.